The van der Waals surface area contributed by atoms with Crippen LogP contribution in [-0.2, 0) is 23.0 Å². The van der Waals surface area contributed by atoms with Gasteiger partial charge in [-0.2, -0.15) is 14.6 Å². The van der Waals surface area contributed by atoms with E-state index in [9.17, 15) is 18.1 Å². The van der Waals surface area contributed by atoms with Crippen LogP contribution in [0.25, 0.3) is 0 Å². The predicted octanol–water partition coefficient (Wildman–Crippen LogP) is 3.94. The van der Waals surface area contributed by atoms with Crippen molar-refractivity contribution < 1.29 is 17.5 Å². The summed E-state index contributed by atoms with van der Waals surface area (Å²) in [6, 6.07) is 12.6. The molecular weight excluding hydrogens is 469 g/mol. The van der Waals surface area contributed by atoms with E-state index >= 15 is 0 Å². The second-order valence-electron chi connectivity index (χ2n) is 8.66. The van der Waals surface area contributed by atoms with Gasteiger partial charge in [0.15, 0.2) is 0 Å². The summed E-state index contributed by atoms with van der Waals surface area (Å²) in [4.78, 5) is 11.5. The maximum atomic E-state index is 13.8. The third-order valence-electron chi connectivity index (χ3n) is 6.33. The topological polar surface area (TPSA) is 99.4 Å². The molecule has 0 unspecified atom stereocenters. The maximum absolute atomic E-state index is 13.8. The number of sulfonamides is 1. The van der Waals surface area contributed by atoms with Gasteiger partial charge in [0.2, 0.25) is 21.9 Å². The molecule has 2 aliphatic heterocycles. The smallest absolute Gasteiger partial charge is 0.244 e. The quantitative estimate of drug-likeness (QED) is 0.531. The standard InChI is InChI=1S/C25H24FN5O3S/c1-17-14-19(8-9-21(17)26)34-24-20-16-31(35(32,33)23-7-3-2-6-18(23)15-27)13-10-22(20)28-25(29-24)30-11-4-5-12-30/h2-3,6-9,14H,4-5,10-13,16H2,1H3. The predicted molar refractivity (Wildman–Crippen MR) is 127 cm³/mol. The first kappa shape index (κ1) is 23.2. The number of benzene rings is 2. The van der Waals surface area contributed by atoms with Crippen molar-refractivity contribution in [2.75, 3.05) is 24.5 Å². The van der Waals surface area contributed by atoms with Gasteiger partial charge in [0.1, 0.15) is 17.6 Å². The van der Waals surface area contributed by atoms with E-state index < -0.39 is 10.0 Å². The zero-order valence-electron chi connectivity index (χ0n) is 19.2. The molecule has 3 heterocycles. The van der Waals surface area contributed by atoms with E-state index in [0.717, 1.165) is 31.6 Å². The summed E-state index contributed by atoms with van der Waals surface area (Å²) in [6.07, 6.45) is 2.49. The minimum absolute atomic E-state index is 0.00716. The molecule has 2 aromatic carbocycles. The van der Waals surface area contributed by atoms with Gasteiger partial charge < -0.3 is 9.64 Å². The maximum Gasteiger partial charge on any atom is 0.244 e. The SMILES string of the molecule is Cc1cc(Oc2nc(N3CCCC3)nc3c2CN(S(=O)(=O)c2ccccc2C#N)CC3)ccc1F. The number of aryl methyl sites for hydroxylation is 1. The summed E-state index contributed by atoms with van der Waals surface area (Å²) in [7, 11) is -3.94. The number of fused-ring (bicyclic) bond motifs is 1. The highest BCUT2D eigenvalue weighted by atomic mass is 32.2. The van der Waals surface area contributed by atoms with Gasteiger partial charge in [-0.05, 0) is 55.7 Å². The Bertz CT molecular complexity index is 1430. The van der Waals surface area contributed by atoms with Crippen LogP contribution in [0.5, 0.6) is 11.6 Å². The molecule has 0 bridgehead atoms. The van der Waals surface area contributed by atoms with Crippen LogP contribution in [0.2, 0.25) is 0 Å². The molecule has 35 heavy (non-hydrogen) atoms. The summed E-state index contributed by atoms with van der Waals surface area (Å²) in [6.45, 7) is 3.57. The fourth-order valence-electron chi connectivity index (χ4n) is 4.41. The van der Waals surface area contributed by atoms with Crippen LogP contribution in [0.15, 0.2) is 47.4 Å². The first-order valence-electron chi connectivity index (χ1n) is 11.4. The molecule has 5 rings (SSSR count). The van der Waals surface area contributed by atoms with E-state index in [1.165, 1.54) is 28.6 Å². The highest BCUT2D eigenvalue weighted by Gasteiger charge is 2.34. The zero-order valence-corrected chi connectivity index (χ0v) is 20.1. The van der Waals surface area contributed by atoms with Crippen molar-refractivity contribution in [2.45, 2.75) is 37.6 Å². The molecule has 0 saturated carbocycles. The van der Waals surface area contributed by atoms with Crippen molar-refractivity contribution in [2.24, 2.45) is 0 Å². The number of rotatable bonds is 5. The number of hydrogen-bond donors (Lipinski definition) is 0. The molecule has 0 spiro atoms. The van der Waals surface area contributed by atoms with Crippen molar-refractivity contribution in [1.29, 1.82) is 5.26 Å². The summed E-state index contributed by atoms with van der Waals surface area (Å²) in [5.41, 5.74) is 1.83. The van der Waals surface area contributed by atoms with Gasteiger partial charge >= 0.3 is 0 Å². The van der Waals surface area contributed by atoms with Crippen LogP contribution in [0.1, 0.15) is 35.2 Å². The highest BCUT2D eigenvalue weighted by molar-refractivity contribution is 7.89. The Morgan fingerprint density at radius 1 is 1.09 bits per heavy atom. The molecule has 8 nitrogen and oxygen atoms in total. The van der Waals surface area contributed by atoms with Crippen LogP contribution in [0.3, 0.4) is 0 Å². The number of nitriles is 1. The van der Waals surface area contributed by atoms with Crippen LogP contribution in [0, 0.1) is 24.1 Å². The molecule has 3 aromatic rings. The summed E-state index contributed by atoms with van der Waals surface area (Å²) >= 11 is 0. The lowest BCUT2D eigenvalue weighted by Gasteiger charge is -2.29. The average molecular weight is 494 g/mol. The van der Waals surface area contributed by atoms with E-state index in [1.54, 1.807) is 25.1 Å². The number of nitrogens with zero attached hydrogens (tertiary/aromatic N) is 5. The lowest BCUT2D eigenvalue weighted by molar-refractivity contribution is 0.369. The Balaban J connectivity index is 1.54. The summed E-state index contributed by atoms with van der Waals surface area (Å²) in [5.74, 6) is 0.887. The van der Waals surface area contributed by atoms with E-state index in [0.29, 0.717) is 29.2 Å². The average Bonchev–Trinajstić information content (AvgIpc) is 3.41. The van der Waals surface area contributed by atoms with Crippen molar-refractivity contribution >= 4 is 16.0 Å². The fraction of sp³-hybridized carbons (Fsp3) is 0.320. The molecule has 0 atom stereocenters. The molecule has 2 aliphatic rings. The first-order chi connectivity index (χ1) is 16.9. The van der Waals surface area contributed by atoms with Gasteiger partial charge in [0, 0.05) is 32.6 Å². The highest BCUT2D eigenvalue weighted by Crippen LogP contribution is 2.34. The molecular formula is C25H24FN5O3S. The Morgan fingerprint density at radius 3 is 2.60 bits per heavy atom. The third-order valence-corrected chi connectivity index (χ3v) is 8.24. The molecule has 0 amide bonds. The molecule has 1 aromatic heterocycles. The van der Waals surface area contributed by atoms with E-state index in [2.05, 4.69) is 9.88 Å². The lowest BCUT2D eigenvalue weighted by Crippen LogP contribution is -2.37. The number of ether oxygens (including phenoxy) is 1. The van der Waals surface area contributed by atoms with Crippen molar-refractivity contribution in [1.82, 2.24) is 14.3 Å². The van der Waals surface area contributed by atoms with Crippen molar-refractivity contribution in [3.8, 4) is 17.7 Å². The Morgan fingerprint density at radius 2 is 1.86 bits per heavy atom. The number of anilines is 1. The van der Waals surface area contributed by atoms with Crippen LogP contribution in [-0.4, -0.2) is 42.3 Å². The number of halogens is 1. The van der Waals surface area contributed by atoms with Crippen LogP contribution in [0.4, 0.5) is 10.3 Å². The van der Waals surface area contributed by atoms with E-state index in [1.807, 2.05) is 6.07 Å². The Labute approximate surface area is 203 Å². The fourth-order valence-corrected chi connectivity index (χ4v) is 5.96. The molecule has 0 N–H and O–H groups in total. The first-order valence-corrected chi connectivity index (χ1v) is 12.9. The second kappa shape index (κ2) is 9.24. The minimum Gasteiger partial charge on any atom is -0.438 e. The molecule has 1 fully saturated rings. The second-order valence-corrected chi connectivity index (χ2v) is 10.6. The van der Waals surface area contributed by atoms with Crippen molar-refractivity contribution in [3.05, 3.63) is 70.7 Å². The zero-order chi connectivity index (χ0) is 24.6. The molecule has 0 aliphatic carbocycles. The lowest BCUT2D eigenvalue weighted by atomic mass is 10.1. The number of aromatic nitrogens is 2. The van der Waals surface area contributed by atoms with Crippen LogP contribution >= 0.6 is 0 Å². The van der Waals surface area contributed by atoms with Gasteiger partial charge in [0.25, 0.3) is 0 Å². The Hall–Kier alpha value is -3.55. The normalized spacial score (nSPS) is 16.1. The molecule has 0 radical (unpaired) electrons. The largest absolute Gasteiger partial charge is 0.438 e. The summed E-state index contributed by atoms with van der Waals surface area (Å²) in [5, 5.41) is 9.42. The van der Waals surface area contributed by atoms with Crippen LogP contribution < -0.4 is 9.64 Å². The number of hydrogen-bond acceptors (Lipinski definition) is 7. The summed E-state index contributed by atoms with van der Waals surface area (Å²) < 4.78 is 48.1. The monoisotopic (exact) mass is 493 g/mol. The van der Waals surface area contributed by atoms with Gasteiger partial charge in [-0.1, -0.05) is 12.1 Å². The molecule has 10 heteroatoms. The van der Waals surface area contributed by atoms with Gasteiger partial charge in [0.05, 0.1) is 21.7 Å². The van der Waals surface area contributed by atoms with Crippen molar-refractivity contribution in [3.63, 3.8) is 0 Å². The minimum atomic E-state index is -3.94. The third kappa shape index (κ3) is 4.45. The van der Waals surface area contributed by atoms with Gasteiger partial charge in [-0.25, -0.2) is 17.8 Å². The van der Waals surface area contributed by atoms with E-state index in [-0.39, 0.29) is 35.2 Å². The molecule has 180 valence electrons. The Kier molecular flexibility index (Phi) is 6.13. The van der Waals surface area contributed by atoms with Gasteiger partial charge in [-0.15, -0.1) is 0 Å². The van der Waals surface area contributed by atoms with Gasteiger partial charge in [-0.3, -0.25) is 0 Å². The molecule has 1 saturated heterocycles. The van der Waals surface area contributed by atoms with E-state index in [4.69, 9.17) is 9.72 Å².